The lowest BCUT2D eigenvalue weighted by molar-refractivity contribution is 0.0987. The summed E-state index contributed by atoms with van der Waals surface area (Å²) in [7, 11) is 0. The lowest BCUT2D eigenvalue weighted by Gasteiger charge is -2.28. The van der Waals surface area contributed by atoms with Crippen molar-refractivity contribution in [2.45, 2.75) is 11.9 Å². The van der Waals surface area contributed by atoms with E-state index >= 15 is 0 Å². The van der Waals surface area contributed by atoms with Crippen LogP contribution in [0.25, 0.3) is 11.5 Å². The predicted molar refractivity (Wildman–Crippen MR) is 91.1 cm³/mol. The number of pyridine rings is 1. The van der Waals surface area contributed by atoms with Crippen molar-refractivity contribution in [3.63, 3.8) is 0 Å². The molecule has 4 rings (SSSR count). The van der Waals surface area contributed by atoms with Crippen LogP contribution >= 0.6 is 11.8 Å². The third-order valence-corrected chi connectivity index (χ3v) is 4.72. The van der Waals surface area contributed by atoms with E-state index in [1.165, 1.54) is 0 Å². The number of benzene rings is 1. The van der Waals surface area contributed by atoms with E-state index in [1.54, 1.807) is 41.9 Å². The second kappa shape index (κ2) is 6.09. The Morgan fingerprint density at radius 1 is 1.21 bits per heavy atom. The molecule has 0 aliphatic carbocycles. The van der Waals surface area contributed by atoms with Crippen molar-refractivity contribution in [1.82, 2.24) is 15.2 Å². The first-order valence-electron chi connectivity index (χ1n) is 7.52. The Bertz CT molecular complexity index is 892. The van der Waals surface area contributed by atoms with Crippen molar-refractivity contribution in [3.05, 3.63) is 54.0 Å². The SMILES string of the molecule is Cc1nnc(-c2ccc(C(=O)N3CCSc4ncccc43)cc2)o1. The molecule has 6 nitrogen and oxygen atoms in total. The van der Waals surface area contributed by atoms with Crippen LogP contribution in [0.3, 0.4) is 0 Å². The second-order valence-corrected chi connectivity index (χ2v) is 6.42. The van der Waals surface area contributed by atoms with Crippen molar-refractivity contribution in [2.75, 3.05) is 17.2 Å². The zero-order valence-electron chi connectivity index (χ0n) is 13.0. The normalized spacial score (nSPS) is 13.6. The maximum Gasteiger partial charge on any atom is 0.258 e. The van der Waals surface area contributed by atoms with Crippen LogP contribution in [-0.4, -0.2) is 33.4 Å². The fourth-order valence-electron chi connectivity index (χ4n) is 2.59. The van der Waals surface area contributed by atoms with Gasteiger partial charge in [-0.05, 0) is 36.4 Å². The number of aryl methyl sites for hydroxylation is 1. The highest BCUT2D eigenvalue weighted by Crippen LogP contribution is 2.33. The minimum absolute atomic E-state index is 0.0298. The molecule has 3 aromatic rings. The number of hydrogen-bond donors (Lipinski definition) is 0. The van der Waals surface area contributed by atoms with Gasteiger partial charge in [-0.15, -0.1) is 22.0 Å². The molecule has 0 saturated carbocycles. The number of anilines is 1. The zero-order chi connectivity index (χ0) is 16.5. The van der Waals surface area contributed by atoms with Crippen molar-refractivity contribution in [3.8, 4) is 11.5 Å². The van der Waals surface area contributed by atoms with E-state index < -0.39 is 0 Å². The third kappa shape index (κ3) is 2.67. The molecule has 0 bridgehead atoms. The molecule has 1 aliphatic rings. The second-order valence-electron chi connectivity index (χ2n) is 5.34. The average Bonchev–Trinajstić information content (AvgIpc) is 3.07. The Balaban J connectivity index is 1.61. The molecule has 0 fully saturated rings. The highest BCUT2D eigenvalue weighted by atomic mass is 32.2. The Hall–Kier alpha value is -2.67. The molecule has 24 heavy (non-hydrogen) atoms. The van der Waals surface area contributed by atoms with E-state index in [-0.39, 0.29) is 5.91 Å². The summed E-state index contributed by atoms with van der Waals surface area (Å²) in [6.07, 6.45) is 1.75. The number of hydrogen-bond acceptors (Lipinski definition) is 6. The standard InChI is InChI=1S/C17H14N4O2S/c1-11-19-20-15(23-11)12-4-6-13(7-5-12)17(22)21-9-10-24-16-14(21)3-2-8-18-16/h2-8H,9-10H2,1H3. The largest absolute Gasteiger partial charge is 0.421 e. The van der Waals surface area contributed by atoms with E-state index in [9.17, 15) is 4.79 Å². The molecule has 0 saturated heterocycles. The molecule has 7 heteroatoms. The van der Waals surface area contributed by atoms with Crippen LogP contribution in [0.5, 0.6) is 0 Å². The van der Waals surface area contributed by atoms with Crippen LogP contribution in [0.1, 0.15) is 16.2 Å². The van der Waals surface area contributed by atoms with Gasteiger partial charge < -0.3 is 9.32 Å². The minimum Gasteiger partial charge on any atom is -0.421 e. The molecule has 0 spiro atoms. The molecule has 2 aromatic heterocycles. The van der Waals surface area contributed by atoms with Crippen molar-refractivity contribution < 1.29 is 9.21 Å². The Labute approximate surface area is 142 Å². The fourth-order valence-corrected chi connectivity index (χ4v) is 3.52. The van der Waals surface area contributed by atoms with Gasteiger partial charge in [0.15, 0.2) is 0 Å². The predicted octanol–water partition coefficient (Wildman–Crippen LogP) is 3.19. The van der Waals surface area contributed by atoms with Crippen LogP contribution in [0.2, 0.25) is 0 Å². The molecule has 0 radical (unpaired) electrons. The molecular weight excluding hydrogens is 324 g/mol. The molecule has 1 aliphatic heterocycles. The number of nitrogens with zero attached hydrogens (tertiary/aromatic N) is 4. The van der Waals surface area contributed by atoms with E-state index in [1.807, 2.05) is 24.3 Å². The summed E-state index contributed by atoms with van der Waals surface area (Å²) in [4.78, 5) is 19.0. The Morgan fingerprint density at radius 3 is 2.79 bits per heavy atom. The topological polar surface area (TPSA) is 72.1 Å². The summed E-state index contributed by atoms with van der Waals surface area (Å²) in [5.41, 5.74) is 2.29. The van der Waals surface area contributed by atoms with Crippen LogP contribution < -0.4 is 4.90 Å². The summed E-state index contributed by atoms with van der Waals surface area (Å²) < 4.78 is 5.40. The highest BCUT2D eigenvalue weighted by molar-refractivity contribution is 7.99. The number of aromatic nitrogens is 3. The van der Waals surface area contributed by atoms with Gasteiger partial charge in [0.05, 0.1) is 5.69 Å². The number of fused-ring (bicyclic) bond motifs is 1. The fraction of sp³-hybridized carbons (Fsp3) is 0.176. The van der Waals surface area contributed by atoms with Gasteiger partial charge in [0, 0.05) is 36.5 Å². The van der Waals surface area contributed by atoms with Gasteiger partial charge in [-0.3, -0.25) is 4.79 Å². The molecule has 120 valence electrons. The summed E-state index contributed by atoms with van der Waals surface area (Å²) in [6.45, 7) is 2.42. The summed E-state index contributed by atoms with van der Waals surface area (Å²) >= 11 is 1.67. The maximum absolute atomic E-state index is 12.9. The van der Waals surface area contributed by atoms with E-state index in [0.717, 1.165) is 22.0 Å². The summed E-state index contributed by atoms with van der Waals surface area (Å²) in [5.74, 6) is 1.78. The van der Waals surface area contributed by atoms with E-state index in [0.29, 0.717) is 23.9 Å². The van der Waals surface area contributed by atoms with Crippen LogP contribution in [0, 0.1) is 6.92 Å². The van der Waals surface area contributed by atoms with Crippen LogP contribution in [0.4, 0.5) is 5.69 Å². The quantitative estimate of drug-likeness (QED) is 0.714. The first-order chi connectivity index (χ1) is 11.7. The molecule has 1 amide bonds. The van der Waals surface area contributed by atoms with Gasteiger partial charge in [-0.1, -0.05) is 0 Å². The van der Waals surface area contributed by atoms with Gasteiger partial charge in [0.25, 0.3) is 5.91 Å². The van der Waals surface area contributed by atoms with Crippen LogP contribution in [0.15, 0.2) is 52.0 Å². The van der Waals surface area contributed by atoms with Crippen molar-refractivity contribution in [1.29, 1.82) is 0 Å². The van der Waals surface area contributed by atoms with Crippen molar-refractivity contribution in [2.24, 2.45) is 0 Å². The monoisotopic (exact) mass is 338 g/mol. The summed E-state index contributed by atoms with van der Waals surface area (Å²) in [5, 5.41) is 8.70. The average molecular weight is 338 g/mol. The molecular formula is C17H14N4O2S. The molecule has 1 aromatic carbocycles. The van der Waals surface area contributed by atoms with E-state index in [2.05, 4.69) is 15.2 Å². The van der Waals surface area contributed by atoms with Crippen molar-refractivity contribution >= 4 is 23.4 Å². The first-order valence-corrected chi connectivity index (χ1v) is 8.51. The first kappa shape index (κ1) is 14.9. The number of carbonyl (C=O) groups excluding carboxylic acids is 1. The zero-order valence-corrected chi connectivity index (χ0v) is 13.8. The molecule has 0 unspecified atom stereocenters. The number of amides is 1. The van der Waals surface area contributed by atoms with Crippen LogP contribution in [-0.2, 0) is 0 Å². The van der Waals surface area contributed by atoms with E-state index in [4.69, 9.17) is 4.42 Å². The smallest absolute Gasteiger partial charge is 0.258 e. The Kier molecular flexibility index (Phi) is 3.78. The molecule has 0 N–H and O–H groups in total. The maximum atomic E-state index is 12.9. The van der Waals surface area contributed by atoms with Gasteiger partial charge >= 0.3 is 0 Å². The molecule has 3 heterocycles. The van der Waals surface area contributed by atoms with Gasteiger partial charge in [-0.25, -0.2) is 4.98 Å². The lowest BCUT2D eigenvalue weighted by atomic mass is 10.1. The lowest BCUT2D eigenvalue weighted by Crippen LogP contribution is -2.35. The minimum atomic E-state index is -0.0298. The molecule has 0 atom stereocenters. The highest BCUT2D eigenvalue weighted by Gasteiger charge is 2.24. The third-order valence-electron chi connectivity index (χ3n) is 3.75. The Morgan fingerprint density at radius 2 is 2.04 bits per heavy atom. The number of thioether (sulfide) groups is 1. The summed E-state index contributed by atoms with van der Waals surface area (Å²) in [6, 6.07) is 11.0. The van der Waals surface area contributed by atoms with Gasteiger partial charge in [-0.2, -0.15) is 0 Å². The van der Waals surface area contributed by atoms with Gasteiger partial charge in [0.1, 0.15) is 5.03 Å². The van der Waals surface area contributed by atoms with Gasteiger partial charge in [0.2, 0.25) is 11.8 Å². The number of carbonyl (C=O) groups is 1. The number of rotatable bonds is 2.